The summed E-state index contributed by atoms with van der Waals surface area (Å²) in [4.78, 5) is 13.5. The molecule has 0 aliphatic carbocycles. The van der Waals surface area contributed by atoms with Gasteiger partial charge in [0.2, 0.25) is 0 Å². The van der Waals surface area contributed by atoms with Gasteiger partial charge in [0.05, 0.1) is 18.1 Å². The van der Waals surface area contributed by atoms with Crippen molar-refractivity contribution >= 4 is 17.2 Å². The van der Waals surface area contributed by atoms with Gasteiger partial charge in [-0.1, -0.05) is 0 Å². The predicted molar refractivity (Wildman–Crippen MR) is 86.4 cm³/mol. The molecule has 4 rings (SSSR count). The smallest absolute Gasteiger partial charge is 0.157 e. The van der Waals surface area contributed by atoms with Crippen molar-refractivity contribution in [2.24, 2.45) is 0 Å². The third-order valence-corrected chi connectivity index (χ3v) is 4.08. The normalized spacial score (nSPS) is 15.5. The van der Waals surface area contributed by atoms with E-state index in [1.165, 1.54) is 5.69 Å². The van der Waals surface area contributed by atoms with Crippen molar-refractivity contribution in [2.75, 3.05) is 36.0 Å². The number of pyridine rings is 1. The predicted octanol–water partition coefficient (Wildman–Crippen LogP) is 1.76. The highest BCUT2D eigenvalue weighted by atomic mass is 15.4. The van der Waals surface area contributed by atoms with Gasteiger partial charge in [0.1, 0.15) is 5.82 Å². The lowest BCUT2D eigenvalue weighted by Gasteiger charge is -2.37. The molecule has 0 radical (unpaired) electrons. The minimum atomic E-state index is 0.907. The van der Waals surface area contributed by atoms with Gasteiger partial charge in [0.15, 0.2) is 5.65 Å². The average Bonchev–Trinajstić information content (AvgIpc) is 3.03. The topological polar surface area (TPSA) is 49.6 Å². The summed E-state index contributed by atoms with van der Waals surface area (Å²) in [6, 6.07) is 8.16. The summed E-state index contributed by atoms with van der Waals surface area (Å²) >= 11 is 0. The first-order valence-corrected chi connectivity index (χ1v) is 7.52. The molecule has 1 aliphatic rings. The molecule has 6 nitrogen and oxygen atoms in total. The quantitative estimate of drug-likeness (QED) is 0.721. The van der Waals surface area contributed by atoms with Crippen LogP contribution in [0.4, 0.5) is 11.5 Å². The van der Waals surface area contributed by atoms with Crippen molar-refractivity contribution in [2.45, 2.75) is 6.92 Å². The Morgan fingerprint density at radius 1 is 1.00 bits per heavy atom. The van der Waals surface area contributed by atoms with Crippen LogP contribution in [-0.2, 0) is 0 Å². The van der Waals surface area contributed by atoms with E-state index >= 15 is 0 Å². The van der Waals surface area contributed by atoms with E-state index in [1.807, 2.05) is 36.0 Å². The number of aromatic nitrogens is 4. The fourth-order valence-corrected chi connectivity index (χ4v) is 2.98. The Bertz CT molecular complexity index is 774. The Morgan fingerprint density at radius 2 is 1.82 bits per heavy atom. The molecule has 4 heterocycles. The molecule has 112 valence electrons. The van der Waals surface area contributed by atoms with Crippen LogP contribution in [0.15, 0.2) is 42.9 Å². The van der Waals surface area contributed by atoms with E-state index in [-0.39, 0.29) is 0 Å². The molecule has 0 saturated carbocycles. The van der Waals surface area contributed by atoms with E-state index in [0.717, 1.165) is 43.3 Å². The first kappa shape index (κ1) is 13.1. The van der Waals surface area contributed by atoms with E-state index in [0.29, 0.717) is 0 Å². The van der Waals surface area contributed by atoms with Gasteiger partial charge in [-0.3, -0.25) is 4.98 Å². The zero-order valence-corrected chi connectivity index (χ0v) is 12.6. The van der Waals surface area contributed by atoms with Crippen molar-refractivity contribution in [1.82, 2.24) is 19.6 Å². The summed E-state index contributed by atoms with van der Waals surface area (Å²) in [6.07, 6.45) is 5.54. The summed E-state index contributed by atoms with van der Waals surface area (Å²) in [5.74, 6) is 1.12. The Labute approximate surface area is 129 Å². The lowest BCUT2D eigenvalue weighted by molar-refractivity contribution is 0.637. The fourth-order valence-electron chi connectivity index (χ4n) is 2.98. The second-order valence-corrected chi connectivity index (χ2v) is 5.54. The minimum Gasteiger partial charge on any atom is -0.367 e. The van der Waals surface area contributed by atoms with E-state index < -0.39 is 0 Å². The summed E-state index contributed by atoms with van der Waals surface area (Å²) in [5, 5.41) is 4.40. The number of hydrogen-bond acceptors (Lipinski definition) is 5. The molecule has 3 aromatic rings. The van der Waals surface area contributed by atoms with Crippen molar-refractivity contribution in [3.63, 3.8) is 0 Å². The van der Waals surface area contributed by atoms with Crippen LogP contribution in [0.3, 0.4) is 0 Å². The van der Waals surface area contributed by atoms with E-state index in [9.17, 15) is 0 Å². The molecular formula is C16H18N6. The maximum absolute atomic E-state index is 4.51. The number of aryl methyl sites for hydroxylation is 1. The molecule has 0 amide bonds. The largest absolute Gasteiger partial charge is 0.367 e. The third-order valence-electron chi connectivity index (χ3n) is 4.08. The van der Waals surface area contributed by atoms with Crippen LogP contribution < -0.4 is 9.80 Å². The molecule has 6 heteroatoms. The Balaban J connectivity index is 1.57. The number of piperazine rings is 1. The Kier molecular flexibility index (Phi) is 3.14. The first-order chi connectivity index (χ1) is 10.8. The molecule has 1 aliphatic heterocycles. The molecule has 0 bridgehead atoms. The van der Waals surface area contributed by atoms with Gasteiger partial charge >= 0.3 is 0 Å². The molecule has 0 spiro atoms. The number of hydrogen-bond donors (Lipinski definition) is 0. The molecule has 0 aromatic carbocycles. The number of rotatable bonds is 2. The average molecular weight is 294 g/mol. The van der Waals surface area contributed by atoms with Crippen molar-refractivity contribution in [1.29, 1.82) is 0 Å². The summed E-state index contributed by atoms with van der Waals surface area (Å²) < 4.78 is 1.92. The van der Waals surface area contributed by atoms with Gasteiger partial charge in [-0.25, -0.2) is 4.98 Å². The maximum atomic E-state index is 4.51. The van der Waals surface area contributed by atoms with Crippen LogP contribution in [0.1, 0.15) is 5.69 Å². The zero-order valence-electron chi connectivity index (χ0n) is 12.6. The molecule has 1 fully saturated rings. The fraction of sp³-hybridized carbons (Fsp3) is 0.312. The number of anilines is 2. The van der Waals surface area contributed by atoms with Crippen molar-refractivity contribution in [3.05, 3.63) is 48.5 Å². The van der Waals surface area contributed by atoms with Crippen LogP contribution in [0.2, 0.25) is 0 Å². The van der Waals surface area contributed by atoms with Gasteiger partial charge < -0.3 is 9.80 Å². The summed E-state index contributed by atoms with van der Waals surface area (Å²) in [7, 11) is 0. The SMILES string of the molecule is Cc1cc(N2CCN(c3cccnc3)CC2)n2nccc2n1. The highest BCUT2D eigenvalue weighted by Gasteiger charge is 2.20. The van der Waals surface area contributed by atoms with Crippen molar-refractivity contribution < 1.29 is 0 Å². The first-order valence-electron chi connectivity index (χ1n) is 7.52. The molecule has 3 aromatic heterocycles. The van der Waals surface area contributed by atoms with Gasteiger partial charge in [-0.05, 0) is 19.1 Å². The molecule has 0 unspecified atom stereocenters. The molecular weight excluding hydrogens is 276 g/mol. The Morgan fingerprint density at radius 3 is 2.59 bits per heavy atom. The molecule has 0 atom stereocenters. The summed E-state index contributed by atoms with van der Waals surface area (Å²) in [6.45, 7) is 5.93. The van der Waals surface area contributed by atoms with E-state index in [4.69, 9.17) is 0 Å². The maximum Gasteiger partial charge on any atom is 0.157 e. The second kappa shape index (κ2) is 5.29. The van der Waals surface area contributed by atoms with Crippen LogP contribution in [0.5, 0.6) is 0 Å². The molecule has 1 saturated heterocycles. The monoisotopic (exact) mass is 294 g/mol. The van der Waals surface area contributed by atoms with Crippen LogP contribution in [-0.4, -0.2) is 45.8 Å². The van der Waals surface area contributed by atoms with Gasteiger partial charge in [0, 0.05) is 50.2 Å². The zero-order chi connectivity index (χ0) is 14.9. The molecule has 0 N–H and O–H groups in total. The van der Waals surface area contributed by atoms with Crippen LogP contribution in [0.25, 0.3) is 5.65 Å². The standard InChI is InChI=1S/C16H18N6/c1-13-11-16(22-15(19-13)4-6-18-22)21-9-7-20(8-10-21)14-3-2-5-17-12-14/h2-6,11-12H,7-10H2,1H3. The lowest BCUT2D eigenvalue weighted by Crippen LogP contribution is -2.47. The van der Waals surface area contributed by atoms with Gasteiger partial charge in [-0.15, -0.1) is 0 Å². The van der Waals surface area contributed by atoms with Gasteiger partial charge in [-0.2, -0.15) is 9.61 Å². The highest BCUT2D eigenvalue weighted by molar-refractivity contribution is 5.53. The second-order valence-electron chi connectivity index (χ2n) is 5.54. The summed E-state index contributed by atoms with van der Waals surface area (Å²) in [5.41, 5.74) is 3.12. The number of nitrogens with zero attached hydrogens (tertiary/aromatic N) is 6. The van der Waals surface area contributed by atoms with Crippen molar-refractivity contribution in [3.8, 4) is 0 Å². The van der Waals surface area contributed by atoms with Crippen LogP contribution >= 0.6 is 0 Å². The number of fused-ring (bicyclic) bond motifs is 1. The minimum absolute atomic E-state index is 0.907. The van der Waals surface area contributed by atoms with E-state index in [1.54, 1.807) is 6.20 Å². The van der Waals surface area contributed by atoms with E-state index in [2.05, 4.69) is 37.0 Å². The van der Waals surface area contributed by atoms with Gasteiger partial charge in [0.25, 0.3) is 0 Å². The highest BCUT2D eigenvalue weighted by Crippen LogP contribution is 2.21. The molecule has 22 heavy (non-hydrogen) atoms. The Hall–Kier alpha value is -2.63. The lowest BCUT2D eigenvalue weighted by atomic mass is 10.2. The van der Waals surface area contributed by atoms with Crippen LogP contribution in [0, 0.1) is 6.92 Å². The third kappa shape index (κ3) is 2.26.